The second-order valence-corrected chi connectivity index (χ2v) is 5.48. The van der Waals surface area contributed by atoms with Crippen molar-refractivity contribution in [2.45, 2.75) is 38.3 Å². The van der Waals surface area contributed by atoms with Crippen LogP contribution in [0.25, 0.3) is 0 Å². The van der Waals surface area contributed by atoms with E-state index >= 15 is 0 Å². The Balaban J connectivity index is 1.50. The van der Waals surface area contributed by atoms with Crippen LogP contribution >= 0.6 is 0 Å². The number of anilines is 1. The van der Waals surface area contributed by atoms with Crippen molar-refractivity contribution in [3.63, 3.8) is 0 Å². The number of hydrogen-bond acceptors (Lipinski definition) is 3. The minimum atomic E-state index is -0.149. The lowest BCUT2D eigenvalue weighted by Gasteiger charge is -2.16. The van der Waals surface area contributed by atoms with Gasteiger partial charge >= 0.3 is 6.03 Å². The molecule has 3 rings (SSSR count). The fourth-order valence-corrected chi connectivity index (χ4v) is 2.62. The summed E-state index contributed by atoms with van der Waals surface area (Å²) in [5, 5.41) is 5.85. The quantitative estimate of drug-likeness (QED) is 0.870. The molecule has 1 saturated heterocycles. The fraction of sp³-hybridized carbons (Fsp3) is 0.571. The Bertz CT molecular complexity index is 472. The van der Waals surface area contributed by atoms with Gasteiger partial charge in [-0.2, -0.15) is 0 Å². The van der Waals surface area contributed by atoms with E-state index in [-0.39, 0.29) is 12.1 Å². The number of nitrogens with one attached hydrogen (secondary N) is 2. The van der Waals surface area contributed by atoms with Gasteiger partial charge in [0, 0.05) is 31.4 Å². The van der Waals surface area contributed by atoms with Crippen molar-refractivity contribution in [3.05, 3.63) is 23.9 Å². The number of nitrogens with zero attached hydrogens (tertiary/aromatic N) is 2. The average molecular weight is 260 g/mol. The smallest absolute Gasteiger partial charge is 0.320 e. The van der Waals surface area contributed by atoms with Gasteiger partial charge in [-0.15, -0.1) is 0 Å². The van der Waals surface area contributed by atoms with Crippen LogP contribution in [0.4, 0.5) is 10.6 Å². The van der Waals surface area contributed by atoms with Crippen LogP contribution in [0.1, 0.15) is 24.8 Å². The van der Waals surface area contributed by atoms with Gasteiger partial charge in [-0.1, -0.05) is 6.07 Å². The first-order chi connectivity index (χ1) is 9.22. The molecule has 0 aromatic carbocycles. The molecule has 102 valence electrons. The highest BCUT2D eigenvalue weighted by Crippen LogP contribution is 2.29. The van der Waals surface area contributed by atoms with E-state index in [4.69, 9.17) is 0 Å². The number of aryl methyl sites for hydroxylation is 1. The molecule has 1 aliphatic heterocycles. The van der Waals surface area contributed by atoms with Crippen LogP contribution in [0.5, 0.6) is 0 Å². The zero-order valence-corrected chi connectivity index (χ0v) is 11.2. The van der Waals surface area contributed by atoms with Gasteiger partial charge in [-0.3, -0.25) is 10.2 Å². The first-order valence-corrected chi connectivity index (χ1v) is 6.95. The Hall–Kier alpha value is -1.62. The van der Waals surface area contributed by atoms with Crippen molar-refractivity contribution in [3.8, 4) is 0 Å². The zero-order chi connectivity index (χ0) is 13.2. The number of aromatic nitrogens is 1. The molecule has 1 aromatic rings. The summed E-state index contributed by atoms with van der Waals surface area (Å²) in [6, 6.07) is 4.71. The summed E-state index contributed by atoms with van der Waals surface area (Å²) in [4.78, 5) is 18.6. The summed E-state index contributed by atoms with van der Waals surface area (Å²) < 4.78 is 0. The van der Waals surface area contributed by atoms with Crippen LogP contribution < -0.4 is 10.6 Å². The molecule has 5 nitrogen and oxygen atoms in total. The van der Waals surface area contributed by atoms with Crippen LogP contribution in [0.15, 0.2) is 18.3 Å². The minimum Gasteiger partial charge on any atom is -0.334 e. The summed E-state index contributed by atoms with van der Waals surface area (Å²) >= 11 is 0. The molecule has 1 atom stereocenters. The van der Waals surface area contributed by atoms with E-state index in [1.165, 1.54) is 12.8 Å². The first kappa shape index (κ1) is 12.4. The maximum atomic E-state index is 11.9. The topological polar surface area (TPSA) is 57.3 Å². The number of carbonyl (C=O) groups is 1. The van der Waals surface area contributed by atoms with E-state index in [9.17, 15) is 4.79 Å². The summed E-state index contributed by atoms with van der Waals surface area (Å²) in [5.74, 6) is 0.636. The molecule has 1 saturated carbocycles. The number of likely N-dealkylation sites (tertiary alicyclic amines) is 1. The lowest BCUT2D eigenvalue weighted by atomic mass is 10.2. The fourth-order valence-electron chi connectivity index (χ4n) is 2.62. The molecular weight excluding hydrogens is 240 g/mol. The number of hydrogen-bond donors (Lipinski definition) is 2. The second kappa shape index (κ2) is 5.17. The molecule has 0 radical (unpaired) electrons. The molecule has 1 aromatic heterocycles. The van der Waals surface area contributed by atoms with Gasteiger partial charge < -0.3 is 5.32 Å². The van der Waals surface area contributed by atoms with Crippen molar-refractivity contribution < 1.29 is 4.79 Å². The number of amides is 2. The van der Waals surface area contributed by atoms with Crippen molar-refractivity contribution in [1.29, 1.82) is 0 Å². The number of rotatable bonds is 3. The van der Waals surface area contributed by atoms with Crippen LogP contribution in [0, 0.1) is 6.92 Å². The van der Waals surface area contributed by atoms with E-state index in [1.807, 2.05) is 19.1 Å². The van der Waals surface area contributed by atoms with E-state index in [2.05, 4.69) is 20.5 Å². The SMILES string of the molecule is Cc1cccnc1NC(=O)N[C@H]1CCN(C2CC2)C1. The van der Waals surface area contributed by atoms with Crippen LogP contribution in [-0.4, -0.2) is 41.1 Å². The Morgan fingerprint density at radius 3 is 3.00 bits per heavy atom. The average Bonchev–Trinajstić information content (AvgIpc) is 3.14. The zero-order valence-electron chi connectivity index (χ0n) is 11.2. The lowest BCUT2D eigenvalue weighted by molar-refractivity contribution is 0.247. The molecule has 1 aliphatic carbocycles. The van der Waals surface area contributed by atoms with Gasteiger partial charge in [0.25, 0.3) is 0 Å². The Kier molecular flexibility index (Phi) is 3.38. The molecule has 0 unspecified atom stereocenters. The molecule has 2 N–H and O–H groups in total. The predicted molar refractivity (Wildman–Crippen MR) is 74.1 cm³/mol. The Morgan fingerprint density at radius 1 is 1.42 bits per heavy atom. The highest BCUT2D eigenvalue weighted by atomic mass is 16.2. The molecule has 0 spiro atoms. The van der Waals surface area contributed by atoms with Gasteiger partial charge in [0.2, 0.25) is 0 Å². The standard InChI is InChI=1S/C14H20N4O/c1-10-3-2-7-15-13(10)17-14(19)16-11-6-8-18(9-11)12-4-5-12/h2-3,7,11-12H,4-6,8-9H2,1H3,(H2,15,16,17,19)/t11-/m0/s1. The van der Waals surface area contributed by atoms with Gasteiger partial charge in [0.05, 0.1) is 0 Å². The van der Waals surface area contributed by atoms with Crippen molar-refractivity contribution in [2.75, 3.05) is 18.4 Å². The van der Waals surface area contributed by atoms with E-state index in [0.717, 1.165) is 31.1 Å². The first-order valence-electron chi connectivity index (χ1n) is 6.95. The van der Waals surface area contributed by atoms with Gasteiger partial charge in [0.1, 0.15) is 5.82 Å². The Morgan fingerprint density at radius 2 is 2.26 bits per heavy atom. The number of carbonyl (C=O) groups excluding carboxylic acids is 1. The van der Waals surface area contributed by atoms with Gasteiger partial charge in [-0.05, 0) is 37.8 Å². The summed E-state index contributed by atoms with van der Waals surface area (Å²) in [6.45, 7) is 4.03. The summed E-state index contributed by atoms with van der Waals surface area (Å²) in [7, 11) is 0. The van der Waals surface area contributed by atoms with Crippen LogP contribution in [-0.2, 0) is 0 Å². The van der Waals surface area contributed by atoms with E-state index in [1.54, 1.807) is 6.20 Å². The largest absolute Gasteiger partial charge is 0.334 e. The molecule has 0 bridgehead atoms. The third-order valence-corrected chi connectivity index (χ3v) is 3.86. The van der Waals surface area contributed by atoms with Crippen molar-refractivity contribution in [1.82, 2.24) is 15.2 Å². The van der Waals surface area contributed by atoms with Crippen LogP contribution in [0.3, 0.4) is 0 Å². The second-order valence-electron chi connectivity index (χ2n) is 5.48. The van der Waals surface area contributed by atoms with Crippen molar-refractivity contribution in [2.24, 2.45) is 0 Å². The third kappa shape index (κ3) is 3.04. The predicted octanol–water partition coefficient (Wildman–Crippen LogP) is 1.75. The maximum Gasteiger partial charge on any atom is 0.320 e. The molecule has 2 aliphatic rings. The minimum absolute atomic E-state index is 0.149. The molecule has 2 fully saturated rings. The molecule has 5 heteroatoms. The van der Waals surface area contributed by atoms with Gasteiger partial charge in [0.15, 0.2) is 0 Å². The highest BCUT2D eigenvalue weighted by molar-refractivity contribution is 5.89. The van der Waals surface area contributed by atoms with E-state index < -0.39 is 0 Å². The molecule has 2 heterocycles. The molecule has 2 amide bonds. The molecule has 19 heavy (non-hydrogen) atoms. The highest BCUT2D eigenvalue weighted by Gasteiger charge is 2.34. The normalized spacial score (nSPS) is 23.3. The molecular formula is C14H20N4O. The lowest BCUT2D eigenvalue weighted by Crippen LogP contribution is -2.40. The maximum absolute atomic E-state index is 11.9. The monoisotopic (exact) mass is 260 g/mol. The van der Waals surface area contributed by atoms with Gasteiger partial charge in [-0.25, -0.2) is 9.78 Å². The summed E-state index contributed by atoms with van der Waals surface area (Å²) in [5.41, 5.74) is 0.976. The number of pyridine rings is 1. The van der Waals surface area contributed by atoms with Crippen LogP contribution in [0.2, 0.25) is 0 Å². The summed E-state index contributed by atoms with van der Waals surface area (Å²) in [6.07, 6.45) is 5.39. The van der Waals surface area contributed by atoms with Crippen molar-refractivity contribution >= 4 is 11.8 Å². The Labute approximate surface area is 113 Å². The number of urea groups is 1. The third-order valence-electron chi connectivity index (χ3n) is 3.86. The van der Waals surface area contributed by atoms with E-state index in [0.29, 0.717) is 5.82 Å².